The van der Waals surface area contributed by atoms with Crippen LogP contribution in [-0.4, -0.2) is 99.9 Å². The van der Waals surface area contributed by atoms with E-state index in [0.717, 1.165) is 28.7 Å². The molecular weight excluding hydrogens is 498 g/mol. The third-order valence-corrected chi connectivity index (χ3v) is 6.69. The van der Waals surface area contributed by atoms with E-state index in [0.29, 0.717) is 12.8 Å². The van der Waals surface area contributed by atoms with Crippen LogP contribution in [0.15, 0.2) is 54.6 Å². The van der Waals surface area contributed by atoms with Gasteiger partial charge in [-0.2, -0.15) is 0 Å². The molecule has 0 saturated carbocycles. The molecule has 0 aromatic heterocycles. The summed E-state index contributed by atoms with van der Waals surface area (Å²) in [6.45, 7) is 3.49. The molecule has 5 N–H and O–H groups in total. The molecule has 0 aliphatic heterocycles. The minimum atomic E-state index is -0.971. The molecule has 0 saturated heterocycles. The number of likely N-dealkylation sites (N-methyl/N-ethyl adjacent to an activating group) is 2. The Kier molecular flexibility index (Phi) is 12.9. The van der Waals surface area contributed by atoms with Gasteiger partial charge in [-0.25, -0.2) is 0 Å². The van der Waals surface area contributed by atoms with Crippen LogP contribution in [0.25, 0.3) is 0 Å². The number of phenols is 1. The third-order valence-electron chi connectivity index (χ3n) is 6.69. The monoisotopic (exact) mass is 542 g/mol. The Morgan fingerprint density at radius 2 is 1.54 bits per heavy atom. The number of quaternary nitrogens is 1. The Morgan fingerprint density at radius 1 is 0.897 bits per heavy atom. The van der Waals surface area contributed by atoms with E-state index in [-0.39, 0.29) is 36.8 Å². The molecule has 0 radical (unpaired) electrons. The maximum absolute atomic E-state index is 12.9. The van der Waals surface area contributed by atoms with E-state index in [4.69, 9.17) is 4.74 Å². The first-order valence-corrected chi connectivity index (χ1v) is 13.2. The topological polar surface area (TPSA) is 129 Å². The van der Waals surface area contributed by atoms with E-state index in [1.54, 1.807) is 31.3 Å². The van der Waals surface area contributed by atoms with E-state index < -0.39 is 18.0 Å². The Balaban J connectivity index is 1.96. The minimum absolute atomic E-state index is 0.0480. The number of phenolic OH excluding ortho intramolecular Hbond substituents is 1. The highest BCUT2D eigenvalue weighted by Crippen LogP contribution is 2.12. The van der Waals surface area contributed by atoms with Crippen molar-refractivity contribution in [2.24, 2.45) is 0 Å². The first kappa shape index (κ1) is 31.7. The average molecular weight is 543 g/mol. The van der Waals surface area contributed by atoms with Gasteiger partial charge in [0.1, 0.15) is 11.8 Å². The summed E-state index contributed by atoms with van der Waals surface area (Å²) in [7, 11) is 7.33. The van der Waals surface area contributed by atoms with Crippen molar-refractivity contribution in [3.63, 3.8) is 0 Å². The molecule has 0 heterocycles. The van der Waals surface area contributed by atoms with Gasteiger partial charge in [-0.05, 0) is 50.1 Å². The van der Waals surface area contributed by atoms with Gasteiger partial charge in [0.2, 0.25) is 17.7 Å². The van der Waals surface area contributed by atoms with Crippen molar-refractivity contribution in [2.45, 2.75) is 37.9 Å². The number of nitrogens with zero attached hydrogens (tertiary/aromatic N) is 1. The van der Waals surface area contributed by atoms with Crippen LogP contribution in [0.1, 0.15) is 18.1 Å². The van der Waals surface area contributed by atoms with Gasteiger partial charge >= 0.3 is 0 Å². The highest BCUT2D eigenvalue weighted by Gasteiger charge is 2.27. The highest BCUT2D eigenvalue weighted by molar-refractivity contribution is 5.92. The molecule has 3 amide bonds. The zero-order valence-electron chi connectivity index (χ0n) is 23.7. The second-order valence-electron chi connectivity index (χ2n) is 10.3. The predicted molar refractivity (Wildman–Crippen MR) is 151 cm³/mol. The fraction of sp³-hybridized carbons (Fsp3) is 0.483. The molecule has 3 atom stereocenters. The molecule has 10 nitrogen and oxygen atoms in total. The summed E-state index contributed by atoms with van der Waals surface area (Å²) >= 11 is 0. The van der Waals surface area contributed by atoms with Crippen molar-refractivity contribution in [3.05, 3.63) is 65.7 Å². The fourth-order valence-corrected chi connectivity index (χ4v) is 4.17. The fourth-order valence-electron chi connectivity index (χ4n) is 4.17. The summed E-state index contributed by atoms with van der Waals surface area (Å²) in [6.07, 6.45) is 1.04. The van der Waals surface area contributed by atoms with E-state index in [1.807, 2.05) is 30.3 Å². The smallest absolute Gasteiger partial charge is 0.245 e. The lowest BCUT2D eigenvalue weighted by molar-refractivity contribution is -0.889. The van der Waals surface area contributed by atoms with E-state index >= 15 is 0 Å². The number of rotatable bonds is 16. The van der Waals surface area contributed by atoms with Gasteiger partial charge in [-0.1, -0.05) is 42.5 Å². The third kappa shape index (κ3) is 11.4. The maximum atomic E-state index is 12.9. The van der Waals surface area contributed by atoms with E-state index in [2.05, 4.69) is 42.3 Å². The summed E-state index contributed by atoms with van der Waals surface area (Å²) in [5, 5.41) is 20.8. The molecule has 2 aromatic carbocycles. The minimum Gasteiger partial charge on any atom is -0.508 e. The van der Waals surface area contributed by atoms with Gasteiger partial charge in [0.15, 0.2) is 0 Å². The maximum Gasteiger partial charge on any atom is 0.245 e. The van der Waals surface area contributed by atoms with Crippen LogP contribution in [-0.2, 0) is 32.0 Å². The van der Waals surface area contributed by atoms with Crippen molar-refractivity contribution in [2.75, 3.05) is 54.5 Å². The number of nitrogens with one attached hydrogen (secondary N) is 4. The standard InChI is InChI=1S/C29H43N5O5/c1-6-34(3,4)19-23(16-21-10-8-7-9-11-21)32-27(36)18-31-28(37)26(20-39-5)33-29(38)25(30-2)17-22-12-14-24(35)15-13-22/h7-15,23,25-26,30H,6,16-20H2,1-5H3,(H3-,31,32,33,35,36,37,38)/p+1/t23?,25-,26-/m0/s1. The number of carbonyl (C=O) groups excluding carboxylic acids is 3. The zero-order valence-corrected chi connectivity index (χ0v) is 23.7. The van der Waals surface area contributed by atoms with E-state index in [9.17, 15) is 19.5 Å². The second-order valence-corrected chi connectivity index (χ2v) is 10.3. The molecule has 10 heteroatoms. The summed E-state index contributed by atoms with van der Waals surface area (Å²) in [5.41, 5.74) is 1.97. The van der Waals surface area contributed by atoms with Gasteiger partial charge in [-0.15, -0.1) is 0 Å². The number of ether oxygens (including phenoxy) is 1. The molecule has 0 spiro atoms. The Bertz CT molecular complexity index is 1050. The molecule has 1 unspecified atom stereocenters. The molecule has 0 aliphatic carbocycles. The summed E-state index contributed by atoms with van der Waals surface area (Å²) in [5.74, 6) is -1.05. The number of carbonyl (C=O) groups is 3. The largest absolute Gasteiger partial charge is 0.508 e. The van der Waals surface area contributed by atoms with Crippen molar-refractivity contribution in [3.8, 4) is 5.75 Å². The summed E-state index contributed by atoms with van der Waals surface area (Å²) < 4.78 is 5.89. The average Bonchev–Trinajstić information content (AvgIpc) is 2.91. The van der Waals surface area contributed by atoms with Crippen LogP contribution in [0.2, 0.25) is 0 Å². The van der Waals surface area contributed by atoms with Crippen LogP contribution >= 0.6 is 0 Å². The van der Waals surface area contributed by atoms with Crippen LogP contribution in [0.4, 0.5) is 0 Å². The molecule has 0 fully saturated rings. The number of benzene rings is 2. The van der Waals surface area contributed by atoms with Crippen molar-refractivity contribution in [1.82, 2.24) is 21.3 Å². The van der Waals surface area contributed by atoms with Crippen molar-refractivity contribution in [1.29, 1.82) is 0 Å². The van der Waals surface area contributed by atoms with Gasteiger partial charge in [0.05, 0.1) is 52.4 Å². The molecule has 0 aliphatic rings. The van der Waals surface area contributed by atoms with Crippen LogP contribution in [0.5, 0.6) is 5.75 Å². The number of hydrogen-bond acceptors (Lipinski definition) is 6. The molecule has 214 valence electrons. The van der Waals surface area contributed by atoms with Gasteiger partial charge in [0.25, 0.3) is 0 Å². The SMILES string of the molecule is CC[N+](C)(C)CC(Cc1ccccc1)NC(=O)CNC(=O)[C@H](COC)NC(=O)[C@H](Cc1ccc(O)cc1)NC. The Labute approximate surface area is 231 Å². The Morgan fingerprint density at radius 3 is 2.13 bits per heavy atom. The van der Waals surface area contributed by atoms with E-state index in [1.165, 1.54) is 7.11 Å². The van der Waals surface area contributed by atoms with Gasteiger partial charge in [-0.3, -0.25) is 14.4 Å². The number of amides is 3. The predicted octanol–water partition coefficient (Wildman–Crippen LogP) is 0.594. The first-order chi connectivity index (χ1) is 18.6. The summed E-state index contributed by atoms with van der Waals surface area (Å²) in [4.78, 5) is 38.6. The molecule has 2 aromatic rings. The van der Waals surface area contributed by atoms with Crippen LogP contribution < -0.4 is 21.3 Å². The molecule has 39 heavy (non-hydrogen) atoms. The first-order valence-electron chi connectivity index (χ1n) is 13.2. The quantitative estimate of drug-likeness (QED) is 0.198. The number of aromatic hydroxyl groups is 1. The van der Waals surface area contributed by atoms with Crippen molar-refractivity contribution < 1.29 is 28.7 Å². The number of hydrogen-bond donors (Lipinski definition) is 5. The highest BCUT2D eigenvalue weighted by atomic mass is 16.5. The second kappa shape index (κ2) is 15.8. The molecular formula is C29H44N5O5+. The van der Waals surface area contributed by atoms with Crippen LogP contribution in [0.3, 0.4) is 0 Å². The Hall–Kier alpha value is -3.47. The lowest BCUT2D eigenvalue weighted by Gasteiger charge is -2.33. The zero-order chi connectivity index (χ0) is 28.8. The van der Waals surface area contributed by atoms with Crippen molar-refractivity contribution >= 4 is 17.7 Å². The molecule has 2 rings (SSSR count). The lowest BCUT2D eigenvalue weighted by Crippen LogP contribution is -2.56. The van der Waals surface area contributed by atoms with Gasteiger partial charge in [0, 0.05) is 7.11 Å². The van der Waals surface area contributed by atoms with Crippen LogP contribution in [0, 0.1) is 0 Å². The number of methoxy groups -OCH3 is 1. The summed E-state index contributed by atoms with van der Waals surface area (Å²) in [6, 6.07) is 14.9. The van der Waals surface area contributed by atoms with Gasteiger partial charge < -0.3 is 35.6 Å². The normalized spacial score (nSPS) is 13.7. The lowest BCUT2D eigenvalue weighted by atomic mass is 10.0. The molecule has 0 bridgehead atoms.